The molecule has 0 unspecified atom stereocenters. The lowest BCUT2D eigenvalue weighted by Gasteiger charge is -2.36. The van der Waals surface area contributed by atoms with Crippen molar-refractivity contribution in [2.75, 3.05) is 39.3 Å². The normalized spacial score (nSPS) is 21.3. The van der Waals surface area contributed by atoms with Crippen LogP contribution in [-0.4, -0.2) is 107 Å². The highest BCUT2D eigenvalue weighted by atomic mass is 32.2. The number of carbonyl (C=O) groups is 2. The molecule has 2 saturated heterocycles. The largest absolute Gasteiger partial charge is 0.490 e. The molecule has 11 nitrogen and oxygen atoms in total. The number of carboxylic acids is 2. The minimum absolute atomic E-state index is 0.0444. The standard InChI is InChI=1S/C15H24N4O3S.2C2HF3O2/c1-3-5-18-7-8-22-14-10-19(6-4-13(14)9-18)23(20,21)15-11-17(2)12-16-15;2*3-2(4,5)1(6)7/h3,11-14H,1,4-10H2,2H3;2*(H,6,7)/t13-,14-;;/m1../s1. The van der Waals surface area contributed by atoms with Crippen LogP contribution in [0.5, 0.6) is 0 Å². The predicted octanol–water partition coefficient (Wildman–Crippen LogP) is 1.58. The van der Waals surface area contributed by atoms with Gasteiger partial charge in [-0.1, -0.05) is 6.08 Å². The van der Waals surface area contributed by atoms with Gasteiger partial charge in [-0.05, 0) is 6.42 Å². The van der Waals surface area contributed by atoms with Gasteiger partial charge in [0.2, 0.25) is 0 Å². The fourth-order valence-electron chi connectivity index (χ4n) is 3.31. The maximum Gasteiger partial charge on any atom is 0.490 e. The molecule has 0 amide bonds. The van der Waals surface area contributed by atoms with Gasteiger partial charge in [-0.25, -0.2) is 23.0 Å². The third-order valence-electron chi connectivity index (χ3n) is 5.05. The van der Waals surface area contributed by atoms with Gasteiger partial charge in [0, 0.05) is 51.9 Å². The fraction of sp³-hybridized carbons (Fsp3) is 0.632. The Bertz CT molecular complexity index is 1000. The number of aliphatic carboxylic acids is 2. The van der Waals surface area contributed by atoms with E-state index >= 15 is 0 Å². The number of piperidine rings is 1. The number of halogens is 6. The van der Waals surface area contributed by atoms with Crippen molar-refractivity contribution < 1.29 is 59.3 Å². The van der Waals surface area contributed by atoms with E-state index in [1.165, 1.54) is 10.6 Å². The van der Waals surface area contributed by atoms with Gasteiger partial charge in [0.15, 0.2) is 5.03 Å². The van der Waals surface area contributed by atoms with Crippen LogP contribution >= 0.6 is 0 Å². The molecule has 18 heteroatoms. The van der Waals surface area contributed by atoms with Crippen LogP contribution in [-0.2, 0) is 31.4 Å². The van der Waals surface area contributed by atoms with E-state index in [4.69, 9.17) is 24.5 Å². The van der Waals surface area contributed by atoms with Crippen LogP contribution in [0.2, 0.25) is 0 Å². The number of imidazole rings is 1. The van der Waals surface area contributed by atoms with E-state index in [-0.39, 0.29) is 11.1 Å². The van der Waals surface area contributed by atoms with Gasteiger partial charge in [0.1, 0.15) is 0 Å². The van der Waals surface area contributed by atoms with Crippen LogP contribution in [0.25, 0.3) is 0 Å². The molecule has 0 radical (unpaired) electrons. The number of fused-ring (bicyclic) bond motifs is 1. The Labute approximate surface area is 208 Å². The van der Waals surface area contributed by atoms with Crippen molar-refractivity contribution in [2.45, 2.75) is 29.9 Å². The Balaban J connectivity index is 0.000000404. The average Bonchev–Trinajstić information content (AvgIpc) is 3.11. The van der Waals surface area contributed by atoms with E-state index in [0.29, 0.717) is 25.6 Å². The maximum atomic E-state index is 12.7. The molecule has 2 N–H and O–H groups in total. The van der Waals surface area contributed by atoms with Crippen molar-refractivity contribution in [1.82, 2.24) is 18.8 Å². The van der Waals surface area contributed by atoms with Crippen LogP contribution in [0.1, 0.15) is 6.42 Å². The van der Waals surface area contributed by atoms with E-state index in [2.05, 4.69) is 16.5 Å². The number of sulfonamides is 1. The SMILES string of the molecule is C=CCN1CCO[C@@H]2CN(S(=O)(=O)c3cn(C)cn3)CC[C@@H]2C1.O=C(O)C(F)(F)F.O=C(O)C(F)(F)F. The number of carboxylic acid groups (broad SMARTS) is 2. The van der Waals surface area contributed by atoms with E-state index in [9.17, 15) is 34.8 Å². The van der Waals surface area contributed by atoms with E-state index in [0.717, 1.165) is 26.1 Å². The summed E-state index contributed by atoms with van der Waals surface area (Å²) in [6.45, 7) is 8.00. The molecule has 3 rings (SSSR count). The first kappa shape index (κ1) is 32.3. The van der Waals surface area contributed by atoms with Crippen LogP contribution in [0.3, 0.4) is 0 Å². The zero-order valence-electron chi connectivity index (χ0n) is 19.4. The molecule has 0 spiro atoms. The second kappa shape index (κ2) is 13.2. The highest BCUT2D eigenvalue weighted by Crippen LogP contribution is 2.27. The number of hydrogen-bond acceptors (Lipinski definition) is 7. The molecular formula is C19H26F6N4O7S. The summed E-state index contributed by atoms with van der Waals surface area (Å²) in [5.41, 5.74) is 0. The minimum atomic E-state index is -5.08. The number of aryl methyl sites for hydroxylation is 1. The number of aromatic nitrogens is 2. The maximum absolute atomic E-state index is 12.7. The van der Waals surface area contributed by atoms with Crippen molar-refractivity contribution in [3.63, 3.8) is 0 Å². The molecule has 1 aromatic heterocycles. The first-order valence-corrected chi connectivity index (χ1v) is 11.9. The van der Waals surface area contributed by atoms with Crippen molar-refractivity contribution >= 4 is 22.0 Å². The Hall–Kier alpha value is -2.70. The Morgan fingerprint density at radius 2 is 1.68 bits per heavy atom. The molecule has 2 aliphatic rings. The molecule has 2 aliphatic heterocycles. The second-order valence-electron chi connectivity index (χ2n) is 7.85. The molecule has 37 heavy (non-hydrogen) atoms. The topological polar surface area (TPSA) is 142 Å². The van der Waals surface area contributed by atoms with Gasteiger partial charge in [0.25, 0.3) is 10.0 Å². The van der Waals surface area contributed by atoms with Gasteiger partial charge in [-0.3, -0.25) is 4.90 Å². The summed E-state index contributed by atoms with van der Waals surface area (Å²) in [5, 5.41) is 14.4. The molecule has 2 fully saturated rings. The lowest BCUT2D eigenvalue weighted by Crippen LogP contribution is -2.49. The number of ether oxygens (including phenoxy) is 1. The van der Waals surface area contributed by atoms with Crippen LogP contribution in [0.15, 0.2) is 30.2 Å². The summed E-state index contributed by atoms with van der Waals surface area (Å²) in [6, 6.07) is 0. The van der Waals surface area contributed by atoms with Gasteiger partial charge < -0.3 is 19.5 Å². The number of nitrogens with zero attached hydrogens (tertiary/aromatic N) is 4. The van der Waals surface area contributed by atoms with Gasteiger partial charge in [-0.2, -0.15) is 30.6 Å². The smallest absolute Gasteiger partial charge is 0.475 e. The molecule has 0 saturated carbocycles. The number of hydrogen-bond donors (Lipinski definition) is 2. The van der Waals surface area contributed by atoms with Crippen molar-refractivity contribution in [1.29, 1.82) is 0 Å². The van der Waals surface area contributed by atoms with E-state index in [1.54, 1.807) is 17.8 Å². The van der Waals surface area contributed by atoms with Crippen LogP contribution in [0.4, 0.5) is 26.3 Å². The molecule has 0 aromatic carbocycles. The van der Waals surface area contributed by atoms with Gasteiger partial charge >= 0.3 is 24.3 Å². The monoisotopic (exact) mass is 568 g/mol. The Morgan fingerprint density at radius 3 is 2.11 bits per heavy atom. The highest BCUT2D eigenvalue weighted by molar-refractivity contribution is 7.89. The quantitative estimate of drug-likeness (QED) is 0.409. The van der Waals surface area contributed by atoms with Crippen molar-refractivity contribution in [2.24, 2.45) is 13.0 Å². The van der Waals surface area contributed by atoms with Gasteiger partial charge in [0.05, 0.1) is 19.0 Å². The lowest BCUT2D eigenvalue weighted by atomic mass is 9.94. The minimum Gasteiger partial charge on any atom is -0.475 e. The number of rotatable bonds is 4. The van der Waals surface area contributed by atoms with Crippen LogP contribution in [0, 0.1) is 5.92 Å². The lowest BCUT2D eigenvalue weighted by molar-refractivity contribution is -0.193. The molecule has 2 atom stereocenters. The fourth-order valence-corrected chi connectivity index (χ4v) is 4.74. The third kappa shape index (κ3) is 10.3. The third-order valence-corrected chi connectivity index (χ3v) is 6.80. The van der Waals surface area contributed by atoms with Crippen molar-refractivity contribution in [3.8, 4) is 0 Å². The summed E-state index contributed by atoms with van der Waals surface area (Å²) >= 11 is 0. The summed E-state index contributed by atoms with van der Waals surface area (Å²) in [5.74, 6) is -5.15. The zero-order valence-corrected chi connectivity index (χ0v) is 20.3. The average molecular weight is 568 g/mol. The Kier molecular flexibility index (Phi) is 11.5. The summed E-state index contributed by atoms with van der Waals surface area (Å²) in [4.78, 5) is 24.1. The Morgan fingerprint density at radius 1 is 1.14 bits per heavy atom. The molecule has 1 aromatic rings. The molecule has 212 valence electrons. The zero-order chi connectivity index (χ0) is 28.6. The molecule has 0 aliphatic carbocycles. The van der Waals surface area contributed by atoms with Crippen LogP contribution < -0.4 is 0 Å². The summed E-state index contributed by atoms with van der Waals surface area (Å²) < 4.78 is 98.0. The molecule has 0 bridgehead atoms. The first-order chi connectivity index (χ1) is 16.9. The predicted molar refractivity (Wildman–Crippen MR) is 114 cm³/mol. The number of alkyl halides is 6. The summed E-state index contributed by atoms with van der Waals surface area (Å²) in [7, 11) is -1.77. The van der Waals surface area contributed by atoms with E-state index in [1.807, 2.05) is 6.08 Å². The highest BCUT2D eigenvalue weighted by Gasteiger charge is 2.40. The summed E-state index contributed by atoms with van der Waals surface area (Å²) in [6.07, 6.45) is -4.45. The first-order valence-electron chi connectivity index (χ1n) is 10.4. The van der Waals surface area contributed by atoms with Gasteiger partial charge in [-0.15, -0.1) is 6.58 Å². The van der Waals surface area contributed by atoms with E-state index < -0.39 is 34.3 Å². The van der Waals surface area contributed by atoms with Crippen molar-refractivity contribution in [3.05, 3.63) is 25.2 Å². The second-order valence-corrected chi connectivity index (χ2v) is 9.74. The molecule has 3 heterocycles. The molecular weight excluding hydrogens is 542 g/mol.